The smallest absolute Gasteiger partial charge is 0.320 e. The first-order chi connectivity index (χ1) is 7.56. The Labute approximate surface area is 93.0 Å². The van der Waals surface area contributed by atoms with Crippen molar-refractivity contribution in [1.29, 1.82) is 0 Å². The second kappa shape index (κ2) is 2.64. The molecule has 4 heteroatoms. The monoisotopic (exact) mass is 216 g/mol. The minimum absolute atomic E-state index is 0.0463. The van der Waals surface area contributed by atoms with Gasteiger partial charge in [0.2, 0.25) is 0 Å². The molecule has 1 heterocycles. The highest BCUT2D eigenvalue weighted by Crippen LogP contribution is 2.52. The lowest BCUT2D eigenvalue weighted by atomic mass is 10.1. The number of aryl methyl sites for hydroxylation is 1. The number of rotatable bonds is 0. The van der Waals surface area contributed by atoms with Crippen molar-refractivity contribution in [2.24, 2.45) is 5.73 Å². The molecule has 0 unspecified atom stereocenters. The average molecular weight is 216 g/mol. The van der Waals surface area contributed by atoms with Crippen LogP contribution >= 0.6 is 0 Å². The summed E-state index contributed by atoms with van der Waals surface area (Å²) in [4.78, 5) is 25.1. The average Bonchev–Trinajstić information content (AvgIpc) is 2.95. The number of anilines is 1. The summed E-state index contributed by atoms with van der Waals surface area (Å²) < 4.78 is 0. The first-order valence-corrected chi connectivity index (χ1v) is 5.31. The van der Waals surface area contributed by atoms with Crippen molar-refractivity contribution in [3.05, 3.63) is 29.3 Å². The van der Waals surface area contributed by atoms with E-state index in [9.17, 15) is 9.59 Å². The zero-order chi connectivity index (χ0) is 11.5. The van der Waals surface area contributed by atoms with E-state index in [0.29, 0.717) is 11.3 Å². The molecule has 0 radical (unpaired) electrons. The van der Waals surface area contributed by atoms with Gasteiger partial charge in [-0.15, -0.1) is 0 Å². The first-order valence-electron chi connectivity index (χ1n) is 5.31. The summed E-state index contributed by atoms with van der Waals surface area (Å²) in [5.74, 6) is 0.0463. The molecule has 1 aliphatic heterocycles. The standard InChI is InChI=1S/C12H12N2O2/c1-7-2-3-9-8(6-7)10(15)12(4-5-12)14(9)11(13)16/h2-3,6H,4-5H2,1H3,(H2,13,16). The van der Waals surface area contributed by atoms with E-state index >= 15 is 0 Å². The molecule has 3 rings (SSSR count). The van der Waals surface area contributed by atoms with Crippen LogP contribution < -0.4 is 10.6 Å². The number of hydrogen-bond acceptors (Lipinski definition) is 2. The number of ketones is 1. The molecular weight excluding hydrogens is 204 g/mol. The van der Waals surface area contributed by atoms with Crippen LogP contribution in [0.4, 0.5) is 10.5 Å². The molecule has 82 valence electrons. The number of nitrogens with two attached hydrogens (primary N) is 1. The number of carbonyl (C=O) groups is 2. The van der Waals surface area contributed by atoms with Crippen molar-refractivity contribution in [3.63, 3.8) is 0 Å². The van der Waals surface area contributed by atoms with Gasteiger partial charge in [-0.25, -0.2) is 4.79 Å². The molecule has 0 aromatic heterocycles. The van der Waals surface area contributed by atoms with Crippen LogP contribution in [-0.2, 0) is 0 Å². The maximum absolute atomic E-state index is 12.2. The SMILES string of the molecule is Cc1ccc2c(c1)C(=O)C1(CC1)N2C(N)=O. The van der Waals surface area contributed by atoms with E-state index in [4.69, 9.17) is 5.73 Å². The van der Waals surface area contributed by atoms with E-state index in [1.54, 1.807) is 6.07 Å². The molecule has 1 aliphatic carbocycles. The molecule has 16 heavy (non-hydrogen) atoms. The van der Waals surface area contributed by atoms with Gasteiger partial charge in [-0.2, -0.15) is 0 Å². The number of primary amides is 1. The van der Waals surface area contributed by atoms with E-state index < -0.39 is 11.6 Å². The molecule has 0 atom stereocenters. The Morgan fingerprint density at radius 3 is 2.69 bits per heavy atom. The van der Waals surface area contributed by atoms with Gasteiger partial charge in [0.15, 0.2) is 5.78 Å². The van der Waals surface area contributed by atoms with Crippen LogP contribution in [0.5, 0.6) is 0 Å². The predicted molar refractivity (Wildman–Crippen MR) is 59.5 cm³/mol. The van der Waals surface area contributed by atoms with Crippen molar-refractivity contribution in [2.75, 3.05) is 4.90 Å². The van der Waals surface area contributed by atoms with Gasteiger partial charge in [-0.1, -0.05) is 11.6 Å². The first kappa shape index (κ1) is 9.39. The molecule has 0 bridgehead atoms. The lowest BCUT2D eigenvalue weighted by Gasteiger charge is -2.21. The second-order valence-electron chi connectivity index (χ2n) is 4.55. The van der Waals surface area contributed by atoms with Crippen LogP contribution in [0.2, 0.25) is 0 Å². The number of nitrogens with zero attached hydrogens (tertiary/aromatic N) is 1. The zero-order valence-electron chi connectivity index (χ0n) is 8.99. The molecule has 1 aromatic carbocycles. The number of hydrogen-bond donors (Lipinski definition) is 1. The predicted octanol–water partition coefficient (Wildman–Crippen LogP) is 1.61. The summed E-state index contributed by atoms with van der Waals surface area (Å²) in [6.45, 7) is 1.93. The van der Waals surface area contributed by atoms with Crippen LogP contribution in [0.15, 0.2) is 18.2 Å². The van der Waals surface area contributed by atoms with Crippen LogP contribution in [0.1, 0.15) is 28.8 Å². The minimum atomic E-state index is -0.637. The van der Waals surface area contributed by atoms with E-state index in [-0.39, 0.29) is 5.78 Å². The number of Topliss-reactive ketones (excluding diaryl/α,β-unsaturated/α-hetero) is 1. The number of urea groups is 1. The Morgan fingerprint density at radius 2 is 2.12 bits per heavy atom. The summed E-state index contributed by atoms with van der Waals surface area (Å²) in [5, 5.41) is 0. The molecule has 0 saturated heterocycles. The van der Waals surface area contributed by atoms with E-state index in [2.05, 4.69) is 0 Å². The number of benzene rings is 1. The topological polar surface area (TPSA) is 63.4 Å². The number of fused-ring (bicyclic) bond motifs is 1. The van der Waals surface area contributed by atoms with Gasteiger partial charge in [-0.05, 0) is 31.9 Å². The highest BCUT2D eigenvalue weighted by Gasteiger charge is 2.61. The lowest BCUT2D eigenvalue weighted by Crippen LogP contribution is -2.45. The maximum atomic E-state index is 12.2. The molecule has 4 nitrogen and oxygen atoms in total. The Morgan fingerprint density at radius 1 is 1.44 bits per heavy atom. The van der Waals surface area contributed by atoms with Crippen LogP contribution in [-0.4, -0.2) is 17.4 Å². The quantitative estimate of drug-likeness (QED) is 0.716. The van der Waals surface area contributed by atoms with E-state index in [1.165, 1.54) is 4.90 Å². The maximum Gasteiger partial charge on any atom is 0.320 e. The van der Waals surface area contributed by atoms with Crippen molar-refractivity contribution < 1.29 is 9.59 Å². The number of carbonyl (C=O) groups excluding carboxylic acids is 2. The van der Waals surface area contributed by atoms with Gasteiger partial charge in [0.1, 0.15) is 5.54 Å². The van der Waals surface area contributed by atoms with Crippen LogP contribution in [0.25, 0.3) is 0 Å². The summed E-state index contributed by atoms with van der Waals surface area (Å²) in [6, 6.07) is 5.00. The summed E-state index contributed by atoms with van der Waals surface area (Å²) >= 11 is 0. The van der Waals surface area contributed by atoms with Crippen molar-refractivity contribution in [3.8, 4) is 0 Å². The van der Waals surface area contributed by atoms with Crippen molar-refractivity contribution >= 4 is 17.5 Å². The molecule has 1 fully saturated rings. The van der Waals surface area contributed by atoms with Crippen molar-refractivity contribution in [1.82, 2.24) is 0 Å². The molecular formula is C12H12N2O2. The van der Waals surface area contributed by atoms with Gasteiger partial charge in [0, 0.05) is 5.56 Å². The largest absolute Gasteiger partial charge is 0.351 e. The fourth-order valence-electron chi connectivity index (χ4n) is 2.51. The summed E-state index contributed by atoms with van der Waals surface area (Å²) in [6.07, 6.45) is 1.45. The van der Waals surface area contributed by atoms with Crippen LogP contribution in [0, 0.1) is 6.92 Å². The molecule has 1 aromatic rings. The highest BCUT2D eigenvalue weighted by atomic mass is 16.2. The Bertz CT molecular complexity index is 518. The fourth-order valence-corrected chi connectivity index (χ4v) is 2.51. The third kappa shape index (κ3) is 0.939. The van der Waals surface area contributed by atoms with Crippen molar-refractivity contribution in [2.45, 2.75) is 25.3 Å². The zero-order valence-corrected chi connectivity index (χ0v) is 8.99. The second-order valence-corrected chi connectivity index (χ2v) is 4.55. The van der Waals surface area contributed by atoms with E-state index in [1.807, 2.05) is 19.1 Å². The molecule has 1 spiro atoms. The fraction of sp³-hybridized carbons (Fsp3) is 0.333. The third-order valence-corrected chi connectivity index (χ3v) is 3.43. The molecule has 2 amide bonds. The van der Waals surface area contributed by atoms with Gasteiger partial charge in [0.05, 0.1) is 5.69 Å². The Balaban J connectivity index is 2.23. The lowest BCUT2D eigenvalue weighted by molar-refractivity contribution is 0.0960. The summed E-state index contributed by atoms with van der Waals surface area (Å²) in [5.41, 5.74) is 7.05. The van der Waals surface area contributed by atoms with Gasteiger partial charge in [0.25, 0.3) is 0 Å². The number of amides is 2. The molecule has 2 aliphatic rings. The van der Waals surface area contributed by atoms with Gasteiger partial charge >= 0.3 is 6.03 Å². The minimum Gasteiger partial charge on any atom is -0.351 e. The van der Waals surface area contributed by atoms with Gasteiger partial charge < -0.3 is 5.73 Å². The van der Waals surface area contributed by atoms with E-state index in [0.717, 1.165) is 18.4 Å². The third-order valence-electron chi connectivity index (χ3n) is 3.43. The van der Waals surface area contributed by atoms with Gasteiger partial charge in [-0.3, -0.25) is 9.69 Å². The van der Waals surface area contributed by atoms with Crippen LogP contribution in [0.3, 0.4) is 0 Å². The Kier molecular flexibility index (Phi) is 1.55. The highest BCUT2D eigenvalue weighted by molar-refractivity contribution is 6.21. The summed E-state index contributed by atoms with van der Waals surface area (Å²) in [7, 11) is 0. The normalized spacial score (nSPS) is 20.1. The molecule has 2 N–H and O–H groups in total. The Hall–Kier alpha value is -1.84. The molecule has 1 saturated carbocycles.